The van der Waals surface area contributed by atoms with E-state index in [1.165, 1.54) is 0 Å². The van der Waals surface area contributed by atoms with Crippen molar-refractivity contribution >= 4 is 28.9 Å². The first-order chi connectivity index (χ1) is 16.1. The summed E-state index contributed by atoms with van der Waals surface area (Å²) in [6.45, 7) is 3.64. The SMILES string of the molecule is CCOCCOc1cccc(NC(=O)CNc2ccc(C(=O)N(C)c3ccccc3)cc2)c1. The fourth-order valence-corrected chi connectivity index (χ4v) is 3.11. The fraction of sp³-hybridized carbons (Fsp3) is 0.231. The second-order valence-electron chi connectivity index (χ2n) is 7.25. The van der Waals surface area contributed by atoms with E-state index in [0.29, 0.717) is 36.8 Å². The summed E-state index contributed by atoms with van der Waals surface area (Å²) in [7, 11) is 1.74. The average molecular weight is 448 g/mol. The van der Waals surface area contributed by atoms with E-state index in [2.05, 4.69) is 10.6 Å². The maximum Gasteiger partial charge on any atom is 0.258 e. The van der Waals surface area contributed by atoms with Gasteiger partial charge in [0, 0.05) is 42.3 Å². The van der Waals surface area contributed by atoms with Gasteiger partial charge in [-0.15, -0.1) is 0 Å². The zero-order valence-corrected chi connectivity index (χ0v) is 18.9. The highest BCUT2D eigenvalue weighted by molar-refractivity contribution is 6.05. The lowest BCUT2D eigenvalue weighted by Gasteiger charge is -2.17. The summed E-state index contributed by atoms with van der Waals surface area (Å²) >= 11 is 0. The number of benzene rings is 3. The Labute approximate surface area is 194 Å². The fourth-order valence-electron chi connectivity index (χ4n) is 3.11. The molecule has 0 radical (unpaired) electrons. The molecule has 0 aliphatic rings. The number of hydrogen-bond acceptors (Lipinski definition) is 5. The van der Waals surface area contributed by atoms with Gasteiger partial charge in [-0.05, 0) is 55.5 Å². The molecule has 0 heterocycles. The summed E-state index contributed by atoms with van der Waals surface area (Å²) in [5.41, 5.74) is 2.79. The Hall–Kier alpha value is -3.84. The Morgan fingerprint density at radius 2 is 1.64 bits per heavy atom. The minimum absolute atomic E-state index is 0.0899. The number of rotatable bonds is 11. The molecule has 3 aromatic carbocycles. The summed E-state index contributed by atoms with van der Waals surface area (Å²) in [6.07, 6.45) is 0. The van der Waals surface area contributed by atoms with Gasteiger partial charge in [0.15, 0.2) is 0 Å². The number of nitrogens with zero attached hydrogens (tertiary/aromatic N) is 1. The second-order valence-corrected chi connectivity index (χ2v) is 7.25. The average Bonchev–Trinajstić information content (AvgIpc) is 2.85. The van der Waals surface area contributed by atoms with Gasteiger partial charge >= 0.3 is 0 Å². The molecule has 0 unspecified atom stereocenters. The molecule has 0 bridgehead atoms. The van der Waals surface area contributed by atoms with Gasteiger partial charge in [0.25, 0.3) is 5.91 Å². The Bertz CT molecular complexity index is 1040. The van der Waals surface area contributed by atoms with E-state index in [0.717, 1.165) is 11.4 Å². The predicted molar refractivity (Wildman–Crippen MR) is 131 cm³/mol. The molecule has 0 atom stereocenters. The minimum Gasteiger partial charge on any atom is -0.491 e. The lowest BCUT2D eigenvalue weighted by Crippen LogP contribution is -2.26. The Morgan fingerprint density at radius 1 is 0.879 bits per heavy atom. The lowest BCUT2D eigenvalue weighted by atomic mass is 10.1. The number of nitrogens with one attached hydrogen (secondary N) is 2. The topological polar surface area (TPSA) is 79.9 Å². The molecule has 0 aliphatic carbocycles. The van der Waals surface area contributed by atoms with Crippen LogP contribution in [0.1, 0.15) is 17.3 Å². The van der Waals surface area contributed by atoms with Crippen molar-refractivity contribution in [2.75, 3.05) is 48.9 Å². The largest absolute Gasteiger partial charge is 0.491 e. The third kappa shape index (κ3) is 7.36. The van der Waals surface area contributed by atoms with Crippen molar-refractivity contribution < 1.29 is 19.1 Å². The van der Waals surface area contributed by atoms with Crippen LogP contribution in [0.5, 0.6) is 5.75 Å². The summed E-state index contributed by atoms with van der Waals surface area (Å²) in [5.74, 6) is 0.375. The summed E-state index contributed by atoms with van der Waals surface area (Å²) in [6, 6.07) is 23.7. The van der Waals surface area contributed by atoms with Gasteiger partial charge in [-0.2, -0.15) is 0 Å². The van der Waals surface area contributed by atoms with Crippen LogP contribution in [0.25, 0.3) is 0 Å². The predicted octanol–water partition coefficient (Wildman–Crippen LogP) is 4.43. The molecular weight excluding hydrogens is 418 g/mol. The number of carbonyl (C=O) groups is 2. The molecule has 2 amide bonds. The van der Waals surface area contributed by atoms with Gasteiger partial charge in [0.1, 0.15) is 12.4 Å². The van der Waals surface area contributed by atoms with E-state index in [1.807, 2.05) is 49.4 Å². The van der Waals surface area contributed by atoms with Crippen molar-refractivity contribution in [2.24, 2.45) is 0 Å². The van der Waals surface area contributed by atoms with Crippen molar-refractivity contribution in [3.8, 4) is 5.75 Å². The van der Waals surface area contributed by atoms with Crippen molar-refractivity contribution in [3.05, 3.63) is 84.4 Å². The molecule has 172 valence electrons. The molecule has 7 nitrogen and oxygen atoms in total. The third-order valence-electron chi connectivity index (χ3n) is 4.85. The first-order valence-corrected chi connectivity index (χ1v) is 10.8. The first kappa shape index (κ1) is 23.8. The molecule has 2 N–H and O–H groups in total. The van der Waals surface area contributed by atoms with Crippen molar-refractivity contribution in [1.29, 1.82) is 0 Å². The summed E-state index contributed by atoms with van der Waals surface area (Å²) in [4.78, 5) is 26.6. The van der Waals surface area contributed by atoms with Gasteiger partial charge in [0.05, 0.1) is 13.2 Å². The van der Waals surface area contributed by atoms with E-state index in [9.17, 15) is 9.59 Å². The molecule has 0 aromatic heterocycles. The van der Waals surface area contributed by atoms with E-state index in [1.54, 1.807) is 48.3 Å². The highest BCUT2D eigenvalue weighted by Gasteiger charge is 2.13. The Balaban J connectivity index is 1.48. The molecule has 33 heavy (non-hydrogen) atoms. The number of para-hydroxylation sites is 1. The summed E-state index contributed by atoms with van der Waals surface area (Å²) in [5, 5.41) is 5.91. The van der Waals surface area contributed by atoms with Crippen LogP contribution in [0.3, 0.4) is 0 Å². The standard InChI is InChI=1S/C26H29N3O4/c1-3-32-16-17-33-24-11-7-8-22(18-24)28-25(30)19-27-21-14-12-20(13-15-21)26(31)29(2)23-9-5-4-6-10-23/h4-15,18,27H,3,16-17,19H2,1-2H3,(H,28,30). The smallest absolute Gasteiger partial charge is 0.258 e. The monoisotopic (exact) mass is 447 g/mol. The number of ether oxygens (including phenoxy) is 2. The molecule has 3 rings (SSSR count). The van der Waals surface area contributed by atoms with Crippen LogP contribution in [-0.4, -0.2) is 45.2 Å². The molecule has 0 spiro atoms. The Morgan fingerprint density at radius 3 is 2.36 bits per heavy atom. The van der Waals surface area contributed by atoms with Gasteiger partial charge in [-0.1, -0.05) is 24.3 Å². The minimum atomic E-state index is -0.189. The number of anilines is 3. The highest BCUT2D eigenvalue weighted by Crippen LogP contribution is 2.18. The van der Waals surface area contributed by atoms with Crippen molar-refractivity contribution in [3.63, 3.8) is 0 Å². The summed E-state index contributed by atoms with van der Waals surface area (Å²) < 4.78 is 10.9. The normalized spacial score (nSPS) is 10.4. The first-order valence-electron chi connectivity index (χ1n) is 10.8. The molecular formula is C26H29N3O4. The van der Waals surface area contributed by atoms with E-state index < -0.39 is 0 Å². The maximum absolute atomic E-state index is 12.7. The van der Waals surface area contributed by atoms with Gasteiger partial charge in [0.2, 0.25) is 5.91 Å². The van der Waals surface area contributed by atoms with Gasteiger partial charge < -0.3 is 25.0 Å². The van der Waals surface area contributed by atoms with Crippen LogP contribution in [0.2, 0.25) is 0 Å². The van der Waals surface area contributed by atoms with Crippen LogP contribution >= 0.6 is 0 Å². The quantitative estimate of drug-likeness (QED) is 0.425. The van der Waals surface area contributed by atoms with Crippen LogP contribution in [-0.2, 0) is 9.53 Å². The number of hydrogen-bond donors (Lipinski definition) is 2. The second kappa shape index (κ2) is 12.3. The molecule has 0 aliphatic heterocycles. The van der Waals surface area contributed by atoms with Crippen LogP contribution in [0, 0.1) is 0 Å². The highest BCUT2D eigenvalue weighted by atomic mass is 16.5. The van der Waals surface area contributed by atoms with E-state index in [4.69, 9.17) is 9.47 Å². The van der Waals surface area contributed by atoms with Crippen molar-refractivity contribution in [2.45, 2.75) is 6.92 Å². The van der Waals surface area contributed by atoms with Crippen LogP contribution in [0.15, 0.2) is 78.9 Å². The molecule has 7 heteroatoms. The van der Waals surface area contributed by atoms with E-state index >= 15 is 0 Å². The van der Waals surface area contributed by atoms with Gasteiger partial charge in [-0.3, -0.25) is 9.59 Å². The zero-order valence-electron chi connectivity index (χ0n) is 18.9. The zero-order chi connectivity index (χ0) is 23.5. The van der Waals surface area contributed by atoms with Crippen LogP contribution in [0.4, 0.5) is 17.1 Å². The van der Waals surface area contributed by atoms with Gasteiger partial charge in [-0.25, -0.2) is 0 Å². The Kier molecular flexibility index (Phi) is 8.85. The number of carbonyl (C=O) groups excluding carboxylic acids is 2. The van der Waals surface area contributed by atoms with E-state index in [-0.39, 0.29) is 18.4 Å². The molecule has 0 saturated heterocycles. The third-order valence-corrected chi connectivity index (χ3v) is 4.85. The molecule has 3 aromatic rings. The molecule has 0 fully saturated rings. The lowest BCUT2D eigenvalue weighted by molar-refractivity contribution is -0.114. The maximum atomic E-state index is 12.7. The van der Waals surface area contributed by atoms with Crippen molar-refractivity contribution in [1.82, 2.24) is 0 Å². The number of amides is 2. The molecule has 0 saturated carbocycles. The van der Waals surface area contributed by atoms with Crippen LogP contribution < -0.4 is 20.3 Å².